The molecular formula is C23H15ClFNO3S. The summed E-state index contributed by atoms with van der Waals surface area (Å²) < 4.78 is 19.9. The molecule has 4 nitrogen and oxygen atoms in total. The summed E-state index contributed by atoms with van der Waals surface area (Å²) in [4.78, 5) is 28.5. The normalized spacial score (nSPS) is 13.9. The van der Waals surface area contributed by atoms with E-state index in [4.69, 9.17) is 16.3 Å². The third-order valence-corrected chi connectivity index (χ3v) is 5.89. The van der Waals surface area contributed by atoms with Crippen molar-refractivity contribution < 1.29 is 18.7 Å². The molecular weight excluding hydrogens is 425 g/mol. The molecule has 4 rings (SSSR count). The lowest BCUT2D eigenvalue weighted by atomic mass is 10.0. The maximum Gasteiger partial charge on any atom is 0.273 e. The fourth-order valence-corrected chi connectivity index (χ4v) is 4.28. The van der Waals surface area contributed by atoms with E-state index in [1.807, 2.05) is 0 Å². The SMILES string of the molecule is COc1ccccc1C1=C(Sc2ccc(Cl)cc2)C(=O)N(c2ccccc2F)C1=O. The predicted octanol–water partition coefficient (Wildman–Crippen LogP) is 5.56. The van der Waals surface area contributed by atoms with Crippen LogP contribution in [0.4, 0.5) is 10.1 Å². The van der Waals surface area contributed by atoms with Crippen molar-refractivity contribution in [2.45, 2.75) is 4.90 Å². The first-order chi connectivity index (χ1) is 14.5. The Morgan fingerprint density at radius 1 is 0.900 bits per heavy atom. The molecule has 1 aliphatic rings. The minimum atomic E-state index is -0.656. The van der Waals surface area contributed by atoms with Crippen molar-refractivity contribution in [3.63, 3.8) is 0 Å². The molecule has 2 amide bonds. The Kier molecular flexibility index (Phi) is 5.61. The van der Waals surface area contributed by atoms with Crippen LogP contribution in [0, 0.1) is 5.82 Å². The number of halogens is 2. The van der Waals surface area contributed by atoms with Crippen molar-refractivity contribution in [2.75, 3.05) is 12.0 Å². The lowest BCUT2D eigenvalue weighted by Gasteiger charge is -2.16. The molecule has 0 spiro atoms. The van der Waals surface area contributed by atoms with E-state index in [1.165, 1.54) is 25.3 Å². The van der Waals surface area contributed by atoms with Gasteiger partial charge >= 0.3 is 0 Å². The second kappa shape index (κ2) is 8.34. The van der Waals surface area contributed by atoms with Crippen molar-refractivity contribution >= 4 is 46.4 Å². The van der Waals surface area contributed by atoms with Crippen molar-refractivity contribution in [1.29, 1.82) is 0 Å². The lowest BCUT2D eigenvalue weighted by Crippen LogP contribution is -2.32. The summed E-state index contributed by atoms with van der Waals surface area (Å²) in [5.41, 5.74) is 0.543. The molecule has 0 radical (unpaired) electrons. The van der Waals surface area contributed by atoms with Gasteiger partial charge in [-0.3, -0.25) is 9.59 Å². The molecule has 0 saturated carbocycles. The van der Waals surface area contributed by atoms with Gasteiger partial charge in [-0.2, -0.15) is 0 Å². The minimum Gasteiger partial charge on any atom is -0.496 e. The zero-order valence-electron chi connectivity index (χ0n) is 15.8. The maximum absolute atomic E-state index is 14.5. The fraction of sp³-hybridized carbons (Fsp3) is 0.0435. The molecule has 1 aliphatic heterocycles. The second-order valence-electron chi connectivity index (χ2n) is 6.36. The number of carbonyl (C=O) groups excluding carboxylic acids is 2. The molecule has 0 atom stereocenters. The quantitative estimate of drug-likeness (QED) is 0.488. The van der Waals surface area contributed by atoms with Crippen LogP contribution in [-0.2, 0) is 9.59 Å². The van der Waals surface area contributed by atoms with Gasteiger partial charge in [-0.15, -0.1) is 0 Å². The van der Waals surface area contributed by atoms with Crippen LogP contribution in [0.3, 0.4) is 0 Å². The summed E-state index contributed by atoms with van der Waals surface area (Å²) in [5.74, 6) is -1.41. The third kappa shape index (κ3) is 3.60. The van der Waals surface area contributed by atoms with E-state index in [-0.39, 0.29) is 16.2 Å². The summed E-state index contributed by atoms with van der Waals surface area (Å²) in [5, 5.41) is 0.556. The predicted molar refractivity (Wildman–Crippen MR) is 116 cm³/mol. The Morgan fingerprint density at radius 3 is 2.27 bits per heavy atom. The first-order valence-corrected chi connectivity index (χ1v) is 10.1. The number of amides is 2. The van der Waals surface area contributed by atoms with Crippen molar-refractivity contribution in [1.82, 2.24) is 0 Å². The van der Waals surface area contributed by atoms with E-state index in [0.29, 0.717) is 16.3 Å². The number of hydrogen-bond acceptors (Lipinski definition) is 4. The van der Waals surface area contributed by atoms with E-state index >= 15 is 0 Å². The Hall–Kier alpha value is -3.09. The zero-order chi connectivity index (χ0) is 21.3. The van der Waals surface area contributed by atoms with E-state index in [0.717, 1.165) is 21.6 Å². The van der Waals surface area contributed by atoms with Gasteiger partial charge in [0.25, 0.3) is 11.8 Å². The maximum atomic E-state index is 14.5. The number of ether oxygens (including phenoxy) is 1. The summed E-state index contributed by atoms with van der Waals surface area (Å²) in [6, 6.07) is 19.5. The van der Waals surface area contributed by atoms with Crippen LogP contribution < -0.4 is 9.64 Å². The van der Waals surface area contributed by atoms with Crippen LogP contribution in [0.25, 0.3) is 5.57 Å². The van der Waals surface area contributed by atoms with Crippen molar-refractivity contribution in [3.8, 4) is 5.75 Å². The van der Waals surface area contributed by atoms with Gasteiger partial charge in [-0.25, -0.2) is 9.29 Å². The number of benzene rings is 3. The zero-order valence-corrected chi connectivity index (χ0v) is 17.3. The van der Waals surface area contributed by atoms with Gasteiger partial charge in [0.1, 0.15) is 11.6 Å². The van der Waals surface area contributed by atoms with Crippen LogP contribution in [-0.4, -0.2) is 18.9 Å². The van der Waals surface area contributed by atoms with Crippen molar-refractivity contribution in [3.05, 3.63) is 94.1 Å². The van der Waals surface area contributed by atoms with E-state index < -0.39 is 17.6 Å². The minimum absolute atomic E-state index is 0.0911. The molecule has 0 saturated heterocycles. The number of hydrogen-bond donors (Lipinski definition) is 0. The molecule has 1 heterocycles. The van der Waals surface area contributed by atoms with Crippen LogP contribution in [0.5, 0.6) is 5.75 Å². The number of rotatable bonds is 5. The molecule has 150 valence electrons. The number of carbonyl (C=O) groups is 2. The average molecular weight is 440 g/mol. The van der Waals surface area contributed by atoms with Gasteiger partial charge in [-0.1, -0.05) is 53.7 Å². The highest BCUT2D eigenvalue weighted by atomic mass is 35.5. The highest BCUT2D eigenvalue weighted by Crippen LogP contribution is 2.44. The first-order valence-electron chi connectivity index (χ1n) is 8.95. The summed E-state index contributed by atoms with van der Waals surface area (Å²) in [6.07, 6.45) is 0. The van der Waals surface area contributed by atoms with Gasteiger partial charge in [0.15, 0.2) is 0 Å². The van der Waals surface area contributed by atoms with Crippen LogP contribution >= 0.6 is 23.4 Å². The summed E-state index contributed by atoms with van der Waals surface area (Å²) >= 11 is 7.09. The molecule has 7 heteroatoms. The Labute approximate surface area is 181 Å². The van der Waals surface area contributed by atoms with Crippen molar-refractivity contribution in [2.24, 2.45) is 0 Å². The summed E-state index contributed by atoms with van der Waals surface area (Å²) in [6.45, 7) is 0. The highest BCUT2D eigenvalue weighted by Gasteiger charge is 2.42. The number of para-hydroxylation sites is 2. The highest BCUT2D eigenvalue weighted by molar-refractivity contribution is 8.04. The Balaban J connectivity index is 1.88. The van der Waals surface area contributed by atoms with Crippen LogP contribution in [0.1, 0.15) is 5.56 Å². The molecule has 0 unspecified atom stereocenters. The molecule has 3 aromatic rings. The van der Waals surface area contributed by atoms with E-state index in [1.54, 1.807) is 54.6 Å². The second-order valence-corrected chi connectivity index (χ2v) is 7.88. The van der Waals surface area contributed by atoms with E-state index in [2.05, 4.69) is 0 Å². The largest absolute Gasteiger partial charge is 0.496 e. The standard InChI is InChI=1S/C23H15ClFNO3S/c1-29-19-9-5-2-6-16(19)20-21(30-15-12-10-14(24)11-13-15)23(28)26(22(20)27)18-8-4-3-7-17(18)25/h2-13H,1H3. The molecule has 0 aromatic heterocycles. The number of anilines is 1. The van der Waals surface area contributed by atoms with Gasteiger partial charge in [0.2, 0.25) is 0 Å². The number of methoxy groups -OCH3 is 1. The smallest absolute Gasteiger partial charge is 0.273 e. The summed E-state index contributed by atoms with van der Waals surface area (Å²) in [7, 11) is 1.49. The Morgan fingerprint density at radius 2 is 1.57 bits per heavy atom. The van der Waals surface area contributed by atoms with Crippen LogP contribution in [0.15, 0.2) is 82.6 Å². The van der Waals surface area contributed by atoms with Gasteiger partial charge in [-0.05, 0) is 42.5 Å². The molecule has 0 N–H and O–H groups in total. The van der Waals surface area contributed by atoms with Gasteiger partial charge < -0.3 is 4.74 Å². The molecule has 3 aromatic carbocycles. The monoisotopic (exact) mass is 439 g/mol. The molecule has 0 fully saturated rings. The number of imide groups is 1. The number of nitrogens with zero attached hydrogens (tertiary/aromatic N) is 1. The number of thioether (sulfide) groups is 1. The Bertz CT molecular complexity index is 1180. The fourth-order valence-electron chi connectivity index (χ4n) is 3.17. The third-order valence-electron chi connectivity index (χ3n) is 4.54. The van der Waals surface area contributed by atoms with Gasteiger partial charge in [0.05, 0.1) is 23.3 Å². The molecule has 0 bridgehead atoms. The average Bonchev–Trinajstić information content (AvgIpc) is 2.99. The van der Waals surface area contributed by atoms with Crippen LogP contribution in [0.2, 0.25) is 5.02 Å². The lowest BCUT2D eigenvalue weighted by molar-refractivity contribution is -0.119. The molecule has 0 aliphatic carbocycles. The topological polar surface area (TPSA) is 46.6 Å². The first kappa shape index (κ1) is 20.2. The van der Waals surface area contributed by atoms with Gasteiger partial charge in [0, 0.05) is 15.5 Å². The van der Waals surface area contributed by atoms with E-state index in [9.17, 15) is 14.0 Å². The molecule has 30 heavy (non-hydrogen) atoms.